The number of carbonyl (C=O) groups is 2. The molecule has 0 saturated carbocycles. The molecule has 3 rings (SSSR count). The summed E-state index contributed by atoms with van der Waals surface area (Å²) in [5.41, 5.74) is 1.14. The lowest BCUT2D eigenvalue weighted by molar-refractivity contribution is -0.123. The number of amides is 2. The fourth-order valence-corrected chi connectivity index (χ4v) is 4.46. The van der Waals surface area contributed by atoms with E-state index in [0.717, 1.165) is 22.7 Å². The van der Waals surface area contributed by atoms with Crippen molar-refractivity contribution in [2.45, 2.75) is 13.5 Å². The minimum atomic E-state index is -0.487. The fourth-order valence-electron chi connectivity index (χ4n) is 2.82. The average Bonchev–Trinajstić information content (AvgIpc) is 2.97. The van der Waals surface area contributed by atoms with Crippen molar-refractivity contribution in [1.82, 2.24) is 4.90 Å². The number of halogens is 3. The van der Waals surface area contributed by atoms with Gasteiger partial charge in [-0.25, -0.2) is 4.39 Å². The Morgan fingerprint density at radius 2 is 2.03 bits per heavy atom. The molecular weight excluding hydrogens is 509 g/mol. The molecule has 9 heteroatoms. The maximum atomic E-state index is 13.3. The molecule has 2 aromatic carbocycles. The van der Waals surface area contributed by atoms with Crippen LogP contribution >= 0.6 is 39.3 Å². The topological polar surface area (TPSA) is 55.8 Å². The van der Waals surface area contributed by atoms with E-state index in [1.54, 1.807) is 24.3 Å². The zero-order chi connectivity index (χ0) is 22.5. The highest BCUT2D eigenvalue weighted by Gasteiger charge is 2.35. The van der Waals surface area contributed by atoms with Crippen LogP contribution in [-0.4, -0.2) is 29.3 Å². The van der Waals surface area contributed by atoms with Gasteiger partial charge in [0.05, 0.1) is 22.5 Å². The van der Waals surface area contributed by atoms with E-state index < -0.39 is 17.0 Å². The summed E-state index contributed by atoms with van der Waals surface area (Å²) in [7, 11) is 0. The highest BCUT2D eigenvalue weighted by molar-refractivity contribution is 9.10. The molecule has 1 fully saturated rings. The van der Waals surface area contributed by atoms with E-state index >= 15 is 0 Å². The molecule has 1 heterocycles. The first-order chi connectivity index (χ1) is 14.8. The number of thioether (sulfide) groups is 1. The zero-order valence-electron chi connectivity index (χ0n) is 16.5. The summed E-state index contributed by atoms with van der Waals surface area (Å²) in [4.78, 5) is 26.6. The molecule has 1 saturated heterocycles. The number of carbonyl (C=O) groups excluding carboxylic acids is 2. The van der Waals surface area contributed by atoms with Crippen molar-refractivity contribution >= 4 is 56.5 Å². The number of hydrogen-bond acceptors (Lipinski definition) is 5. The van der Waals surface area contributed by atoms with Crippen molar-refractivity contribution < 1.29 is 23.5 Å². The average molecular weight is 527 g/mol. The zero-order valence-corrected chi connectivity index (χ0v) is 19.7. The lowest BCUT2D eigenvalue weighted by Gasteiger charge is -2.14. The Morgan fingerprint density at radius 3 is 2.71 bits per heavy atom. The largest absolute Gasteiger partial charge is 0.490 e. The number of ether oxygens (including phenoxy) is 2. The molecule has 2 amide bonds. The minimum absolute atomic E-state index is 0.0384. The number of imide groups is 1. The Kier molecular flexibility index (Phi) is 7.80. The first kappa shape index (κ1) is 23.4. The van der Waals surface area contributed by atoms with Gasteiger partial charge in [0.15, 0.2) is 11.5 Å². The highest BCUT2D eigenvalue weighted by Crippen LogP contribution is 2.39. The molecule has 0 aromatic heterocycles. The van der Waals surface area contributed by atoms with E-state index in [9.17, 15) is 14.0 Å². The lowest BCUT2D eigenvalue weighted by Crippen LogP contribution is -2.27. The maximum absolute atomic E-state index is 13.3. The number of nitrogens with zero attached hydrogens (tertiary/aromatic N) is 1. The second-order valence-electron chi connectivity index (χ2n) is 6.37. The van der Waals surface area contributed by atoms with Gasteiger partial charge in [0.2, 0.25) is 0 Å². The van der Waals surface area contributed by atoms with Crippen molar-refractivity contribution in [3.05, 3.63) is 74.3 Å². The van der Waals surface area contributed by atoms with E-state index in [2.05, 4.69) is 22.5 Å². The summed E-state index contributed by atoms with van der Waals surface area (Å²) < 4.78 is 25.2. The molecule has 2 aromatic rings. The van der Waals surface area contributed by atoms with E-state index in [1.807, 2.05) is 6.92 Å². The SMILES string of the molecule is C=CCOc1c(Br)cc(/C=C2\SC(=O)N(Cc3ccc(F)cc3Cl)C2=O)cc1OCC. The van der Waals surface area contributed by atoms with Gasteiger partial charge in [-0.2, -0.15) is 0 Å². The smallest absolute Gasteiger partial charge is 0.293 e. The Hall–Kier alpha value is -2.29. The van der Waals surface area contributed by atoms with Gasteiger partial charge in [-0.15, -0.1) is 0 Å². The van der Waals surface area contributed by atoms with Crippen LogP contribution in [0.15, 0.2) is 52.4 Å². The van der Waals surface area contributed by atoms with E-state index in [1.165, 1.54) is 12.1 Å². The maximum Gasteiger partial charge on any atom is 0.293 e. The molecule has 0 unspecified atom stereocenters. The van der Waals surface area contributed by atoms with Gasteiger partial charge in [0.1, 0.15) is 12.4 Å². The van der Waals surface area contributed by atoms with E-state index in [4.69, 9.17) is 21.1 Å². The van der Waals surface area contributed by atoms with Crippen LogP contribution in [0.4, 0.5) is 9.18 Å². The van der Waals surface area contributed by atoms with E-state index in [-0.39, 0.29) is 16.5 Å². The number of rotatable bonds is 8. The van der Waals surface area contributed by atoms with Crippen LogP contribution in [0, 0.1) is 5.82 Å². The summed E-state index contributed by atoms with van der Waals surface area (Å²) >= 11 is 10.3. The molecule has 1 aliphatic heterocycles. The van der Waals surface area contributed by atoms with E-state index in [0.29, 0.717) is 40.3 Å². The summed E-state index contributed by atoms with van der Waals surface area (Å²) in [5.74, 6) is 0.0932. The van der Waals surface area contributed by atoms with Gasteiger partial charge in [-0.1, -0.05) is 30.3 Å². The van der Waals surface area contributed by atoms with Crippen LogP contribution in [0.5, 0.6) is 11.5 Å². The molecule has 1 aliphatic rings. The minimum Gasteiger partial charge on any atom is -0.490 e. The third-order valence-corrected chi connectivity index (χ3v) is 6.04. The number of benzene rings is 2. The van der Waals surface area contributed by atoms with Crippen molar-refractivity contribution in [3.8, 4) is 11.5 Å². The Bertz CT molecular complexity index is 1080. The van der Waals surface area contributed by atoms with Gasteiger partial charge < -0.3 is 9.47 Å². The predicted molar refractivity (Wildman–Crippen MR) is 124 cm³/mol. The van der Waals surface area contributed by atoms with Crippen molar-refractivity contribution in [3.63, 3.8) is 0 Å². The molecule has 5 nitrogen and oxygen atoms in total. The van der Waals surface area contributed by atoms with Crippen molar-refractivity contribution in [2.75, 3.05) is 13.2 Å². The second kappa shape index (κ2) is 10.3. The quantitative estimate of drug-likeness (QED) is 0.293. The molecule has 0 aliphatic carbocycles. The highest BCUT2D eigenvalue weighted by atomic mass is 79.9. The third kappa shape index (κ3) is 5.50. The van der Waals surface area contributed by atoms with Crippen molar-refractivity contribution in [2.24, 2.45) is 0 Å². The first-order valence-electron chi connectivity index (χ1n) is 9.23. The van der Waals surface area contributed by atoms with Crippen LogP contribution in [0.25, 0.3) is 6.08 Å². The third-order valence-electron chi connectivity index (χ3n) is 4.19. The predicted octanol–water partition coefficient (Wildman–Crippen LogP) is 6.44. The molecule has 0 bridgehead atoms. The monoisotopic (exact) mass is 525 g/mol. The molecule has 0 spiro atoms. The number of hydrogen-bond donors (Lipinski definition) is 0. The standard InChI is InChI=1S/C22H18BrClFNO4S/c1-3-7-30-20-16(23)8-13(9-18(20)29-4-2)10-19-21(27)26(22(28)31-19)12-14-5-6-15(25)11-17(14)24/h3,5-6,8-11H,1,4,7,12H2,2H3/b19-10-. The molecule has 31 heavy (non-hydrogen) atoms. The van der Waals surface area contributed by atoms with Crippen LogP contribution in [0.2, 0.25) is 5.02 Å². The van der Waals surface area contributed by atoms with Gasteiger partial charge in [-0.3, -0.25) is 14.5 Å². The Balaban J connectivity index is 1.87. The summed E-state index contributed by atoms with van der Waals surface area (Å²) in [6.45, 7) is 6.18. The summed E-state index contributed by atoms with van der Waals surface area (Å²) in [5, 5.41) is -0.268. The van der Waals surface area contributed by atoms with Crippen LogP contribution in [-0.2, 0) is 11.3 Å². The molecular formula is C22H18BrClFNO4S. The Morgan fingerprint density at radius 1 is 1.26 bits per heavy atom. The van der Waals surface area contributed by atoms with Gasteiger partial charge in [0, 0.05) is 5.02 Å². The van der Waals surface area contributed by atoms with Crippen molar-refractivity contribution in [1.29, 1.82) is 0 Å². The van der Waals surface area contributed by atoms with Crippen LogP contribution < -0.4 is 9.47 Å². The molecule has 0 atom stereocenters. The normalized spacial score (nSPS) is 15.0. The lowest BCUT2D eigenvalue weighted by atomic mass is 10.1. The fraction of sp³-hybridized carbons (Fsp3) is 0.182. The molecule has 0 N–H and O–H groups in total. The first-order valence-corrected chi connectivity index (χ1v) is 11.2. The van der Waals surface area contributed by atoms with Crippen LogP contribution in [0.3, 0.4) is 0 Å². The van der Waals surface area contributed by atoms with Gasteiger partial charge in [-0.05, 0) is 76.1 Å². The molecule has 0 radical (unpaired) electrons. The molecule has 162 valence electrons. The van der Waals surface area contributed by atoms with Gasteiger partial charge >= 0.3 is 0 Å². The van der Waals surface area contributed by atoms with Gasteiger partial charge in [0.25, 0.3) is 11.1 Å². The summed E-state index contributed by atoms with van der Waals surface area (Å²) in [6.07, 6.45) is 3.24. The second-order valence-corrected chi connectivity index (χ2v) is 8.62. The summed E-state index contributed by atoms with van der Waals surface area (Å²) in [6, 6.07) is 7.34. The Labute approximate surface area is 197 Å². The van der Waals surface area contributed by atoms with Crippen LogP contribution in [0.1, 0.15) is 18.1 Å².